The third-order valence-corrected chi connectivity index (χ3v) is 6.07. The van der Waals surface area contributed by atoms with Gasteiger partial charge in [-0.2, -0.15) is 0 Å². The second kappa shape index (κ2) is 13.9. The zero-order valence-electron chi connectivity index (χ0n) is 20.9. The van der Waals surface area contributed by atoms with E-state index in [1.165, 1.54) is 6.33 Å². The first-order valence-corrected chi connectivity index (χ1v) is 12.4. The fourth-order valence-corrected chi connectivity index (χ4v) is 4.02. The molecule has 0 saturated heterocycles. The summed E-state index contributed by atoms with van der Waals surface area (Å²) in [6, 6.07) is 4.40. The third-order valence-electron chi connectivity index (χ3n) is 6.07. The summed E-state index contributed by atoms with van der Waals surface area (Å²) in [5, 5.41) is 18.1. The van der Waals surface area contributed by atoms with Crippen LogP contribution in [-0.4, -0.2) is 75.0 Å². The van der Waals surface area contributed by atoms with E-state index in [0.717, 1.165) is 16.5 Å². The summed E-state index contributed by atoms with van der Waals surface area (Å²) in [4.78, 5) is 59.6. The number of para-hydroxylation sites is 1. The van der Waals surface area contributed by atoms with Crippen molar-refractivity contribution in [2.24, 2.45) is 11.5 Å². The molecule has 2 heterocycles. The number of nitrogens with two attached hydrogens (primary N) is 2. The van der Waals surface area contributed by atoms with Gasteiger partial charge in [-0.15, -0.1) is 0 Å². The van der Waals surface area contributed by atoms with Gasteiger partial charge in [-0.25, -0.2) is 9.78 Å². The number of H-pyrrole nitrogens is 2. The Bertz CT molecular complexity index is 1230. The Labute approximate surface area is 219 Å². The molecule has 204 valence electrons. The molecule has 1 aromatic carbocycles. The van der Waals surface area contributed by atoms with Gasteiger partial charge in [0.1, 0.15) is 12.1 Å². The fourth-order valence-electron chi connectivity index (χ4n) is 4.02. The normalized spacial score (nSPS) is 13.4. The van der Waals surface area contributed by atoms with Gasteiger partial charge in [0, 0.05) is 41.8 Å². The molecule has 0 unspecified atom stereocenters. The second-order valence-electron chi connectivity index (χ2n) is 8.97. The third kappa shape index (κ3) is 8.15. The highest BCUT2D eigenvalue weighted by Gasteiger charge is 2.26. The predicted octanol–water partition coefficient (Wildman–Crippen LogP) is -0.697. The van der Waals surface area contributed by atoms with E-state index >= 15 is 0 Å². The number of unbranched alkanes of at least 4 members (excludes halogenated alkanes) is 1. The molecule has 2 aromatic heterocycles. The van der Waals surface area contributed by atoms with E-state index in [-0.39, 0.29) is 12.8 Å². The molecule has 0 bridgehead atoms. The lowest BCUT2D eigenvalue weighted by Gasteiger charge is -2.21. The monoisotopic (exact) mass is 526 g/mol. The molecule has 0 aliphatic carbocycles. The molecular formula is C25H34N8O5. The fraction of sp³-hybridized carbons (Fsp3) is 0.400. The number of fused-ring (bicyclic) bond motifs is 1. The number of nitrogens with one attached hydrogen (secondary N) is 5. The highest BCUT2D eigenvalue weighted by molar-refractivity contribution is 5.93. The van der Waals surface area contributed by atoms with E-state index in [1.807, 2.05) is 24.3 Å². The highest BCUT2D eigenvalue weighted by Crippen LogP contribution is 2.19. The number of nitrogens with zero attached hydrogens (tertiary/aromatic N) is 1. The number of rotatable bonds is 15. The lowest BCUT2D eigenvalue weighted by Crippen LogP contribution is -2.54. The van der Waals surface area contributed by atoms with E-state index in [0.29, 0.717) is 31.5 Å². The number of carboxylic acid groups (broad SMARTS) is 1. The van der Waals surface area contributed by atoms with Crippen molar-refractivity contribution in [1.82, 2.24) is 30.9 Å². The Balaban J connectivity index is 1.55. The molecule has 0 saturated carbocycles. The number of benzene rings is 1. The van der Waals surface area contributed by atoms with E-state index in [4.69, 9.17) is 11.5 Å². The number of carbonyl (C=O) groups excluding carboxylic acids is 3. The standard InChI is InChI=1S/C25H34N8O5/c26-8-4-3-7-20(33-23(35)18(27)10-16-12-28-14-31-16)24(36)30-13-22(34)32-21(25(37)38)9-15-11-29-19-6-2-1-5-17(15)19/h1-2,5-6,11-12,14,18,20-21,29H,3-4,7-10,13,26-27H2,(H,28,31)(H,30,36)(H,32,34)(H,33,35)(H,37,38)/t18-,20-,21-/m0/s1. The van der Waals surface area contributed by atoms with Gasteiger partial charge >= 0.3 is 5.97 Å². The van der Waals surface area contributed by atoms with E-state index in [9.17, 15) is 24.3 Å². The van der Waals surface area contributed by atoms with Crippen molar-refractivity contribution < 1.29 is 24.3 Å². The van der Waals surface area contributed by atoms with Crippen LogP contribution in [0.4, 0.5) is 0 Å². The quantitative estimate of drug-likeness (QED) is 0.118. The Morgan fingerprint density at radius 2 is 1.79 bits per heavy atom. The number of hydrogen-bond donors (Lipinski definition) is 8. The zero-order valence-corrected chi connectivity index (χ0v) is 20.9. The van der Waals surface area contributed by atoms with Crippen LogP contribution >= 0.6 is 0 Å². The summed E-state index contributed by atoms with van der Waals surface area (Å²) >= 11 is 0. The summed E-state index contributed by atoms with van der Waals surface area (Å²) in [5.41, 5.74) is 13.8. The van der Waals surface area contributed by atoms with E-state index in [2.05, 4.69) is 30.9 Å². The van der Waals surface area contributed by atoms with Gasteiger partial charge in [-0.05, 0) is 37.4 Å². The summed E-state index contributed by atoms with van der Waals surface area (Å²) in [5.74, 6) is -2.98. The highest BCUT2D eigenvalue weighted by atomic mass is 16.4. The van der Waals surface area contributed by atoms with Crippen LogP contribution in [-0.2, 0) is 32.0 Å². The van der Waals surface area contributed by atoms with Crippen LogP contribution in [0.5, 0.6) is 0 Å². The van der Waals surface area contributed by atoms with Crippen molar-refractivity contribution in [1.29, 1.82) is 0 Å². The first-order valence-electron chi connectivity index (χ1n) is 12.4. The van der Waals surface area contributed by atoms with Crippen molar-refractivity contribution in [3.63, 3.8) is 0 Å². The second-order valence-corrected chi connectivity index (χ2v) is 8.97. The number of hydrogen-bond acceptors (Lipinski definition) is 7. The number of aromatic nitrogens is 3. The SMILES string of the molecule is NCCCC[C@H](NC(=O)[C@@H](N)Cc1cnc[nH]1)C(=O)NCC(=O)N[C@@H](Cc1c[nH]c2ccccc12)C(=O)O. The summed E-state index contributed by atoms with van der Waals surface area (Å²) in [6.07, 6.45) is 6.52. The summed E-state index contributed by atoms with van der Waals surface area (Å²) < 4.78 is 0. The molecule has 0 radical (unpaired) electrons. The predicted molar refractivity (Wildman–Crippen MR) is 140 cm³/mol. The number of carbonyl (C=O) groups is 4. The molecule has 3 aromatic rings. The summed E-state index contributed by atoms with van der Waals surface area (Å²) in [6.45, 7) is -0.0308. The molecule has 0 aliphatic rings. The average molecular weight is 527 g/mol. The smallest absolute Gasteiger partial charge is 0.326 e. The number of aliphatic carboxylic acids is 1. The van der Waals surface area contributed by atoms with Gasteiger partial charge < -0.3 is 42.5 Å². The molecule has 13 heteroatoms. The maximum Gasteiger partial charge on any atom is 0.326 e. The Kier molecular flexibility index (Phi) is 10.4. The molecule has 0 spiro atoms. The van der Waals surface area contributed by atoms with Crippen LogP contribution in [0, 0.1) is 0 Å². The Morgan fingerprint density at radius 1 is 1.00 bits per heavy atom. The number of aromatic amines is 2. The first-order chi connectivity index (χ1) is 18.3. The van der Waals surface area contributed by atoms with Crippen LogP contribution in [0.1, 0.15) is 30.5 Å². The van der Waals surface area contributed by atoms with Crippen LogP contribution in [0.2, 0.25) is 0 Å². The zero-order chi connectivity index (χ0) is 27.5. The Morgan fingerprint density at radius 3 is 2.50 bits per heavy atom. The maximum atomic E-state index is 12.8. The lowest BCUT2D eigenvalue weighted by atomic mass is 10.0. The van der Waals surface area contributed by atoms with Gasteiger partial charge in [0.15, 0.2) is 0 Å². The van der Waals surface area contributed by atoms with Gasteiger partial charge in [0.05, 0.1) is 18.9 Å². The van der Waals surface area contributed by atoms with Crippen LogP contribution in [0.25, 0.3) is 10.9 Å². The topological polar surface area (TPSA) is 221 Å². The maximum absolute atomic E-state index is 12.8. The van der Waals surface area contributed by atoms with E-state index in [1.54, 1.807) is 12.4 Å². The molecule has 38 heavy (non-hydrogen) atoms. The minimum atomic E-state index is -1.20. The minimum Gasteiger partial charge on any atom is -0.480 e. The van der Waals surface area contributed by atoms with Gasteiger partial charge in [0.25, 0.3) is 0 Å². The molecular weight excluding hydrogens is 492 g/mol. The molecule has 10 N–H and O–H groups in total. The molecule has 3 rings (SSSR count). The molecule has 3 amide bonds. The first kappa shape index (κ1) is 28.3. The van der Waals surface area contributed by atoms with Gasteiger partial charge in [0.2, 0.25) is 17.7 Å². The molecule has 0 aliphatic heterocycles. The van der Waals surface area contributed by atoms with Crippen LogP contribution in [0.3, 0.4) is 0 Å². The Hall–Kier alpha value is -4.23. The van der Waals surface area contributed by atoms with Gasteiger partial charge in [-0.3, -0.25) is 14.4 Å². The van der Waals surface area contributed by atoms with Crippen molar-refractivity contribution in [2.75, 3.05) is 13.1 Å². The molecule has 13 nitrogen and oxygen atoms in total. The average Bonchev–Trinajstić information content (AvgIpc) is 3.56. The van der Waals surface area contributed by atoms with Crippen molar-refractivity contribution >= 4 is 34.6 Å². The van der Waals surface area contributed by atoms with Crippen molar-refractivity contribution in [3.8, 4) is 0 Å². The van der Waals surface area contributed by atoms with Crippen LogP contribution < -0.4 is 27.4 Å². The molecule has 3 atom stereocenters. The molecule has 0 fully saturated rings. The summed E-state index contributed by atoms with van der Waals surface area (Å²) in [7, 11) is 0. The van der Waals surface area contributed by atoms with Crippen molar-refractivity contribution in [2.45, 2.75) is 50.2 Å². The van der Waals surface area contributed by atoms with Gasteiger partial charge in [-0.1, -0.05) is 18.2 Å². The van der Waals surface area contributed by atoms with Crippen LogP contribution in [0.15, 0.2) is 43.0 Å². The number of amides is 3. The number of imidazole rings is 1. The van der Waals surface area contributed by atoms with Crippen molar-refractivity contribution in [3.05, 3.63) is 54.2 Å². The minimum absolute atomic E-state index is 0.0605. The lowest BCUT2D eigenvalue weighted by molar-refractivity contribution is -0.141. The number of carboxylic acids is 1. The largest absolute Gasteiger partial charge is 0.480 e. The van der Waals surface area contributed by atoms with E-state index < -0.39 is 48.4 Å².